The highest BCUT2D eigenvalue weighted by atomic mass is 31.0. The molecule has 1 rings (SSSR count). The van der Waals surface area contributed by atoms with Gasteiger partial charge in [-0.3, -0.25) is 14.5 Å². The molecule has 0 spiro atoms. The average molecular weight is 237 g/mol. The SMILES string of the molecule is C=C1/C=C\C=C/CC(=O)N(CCCP)C1=O. The number of rotatable bonds is 3. The van der Waals surface area contributed by atoms with Gasteiger partial charge in [-0.15, -0.1) is 9.24 Å². The third-order valence-electron chi connectivity index (χ3n) is 2.24. The highest BCUT2D eigenvalue weighted by Crippen LogP contribution is 2.08. The molecule has 1 heterocycles. The Morgan fingerprint density at radius 3 is 2.81 bits per heavy atom. The molecule has 0 aromatic heterocycles. The normalized spacial score (nSPS) is 21.3. The van der Waals surface area contributed by atoms with E-state index >= 15 is 0 Å². The lowest BCUT2D eigenvalue weighted by Gasteiger charge is -2.19. The maximum atomic E-state index is 11.9. The first-order chi connectivity index (χ1) is 7.66. The molecular weight excluding hydrogens is 221 g/mol. The molecule has 1 unspecified atom stereocenters. The van der Waals surface area contributed by atoms with Crippen molar-refractivity contribution in [2.45, 2.75) is 12.8 Å². The predicted molar refractivity (Wildman–Crippen MR) is 68.0 cm³/mol. The Balaban J connectivity index is 2.85. The molecule has 4 heteroatoms. The number of hydrogen-bond acceptors (Lipinski definition) is 2. The van der Waals surface area contributed by atoms with E-state index in [-0.39, 0.29) is 18.2 Å². The Labute approximate surface area is 98.1 Å². The first-order valence-corrected chi connectivity index (χ1v) is 6.05. The number of hydrogen-bond donors (Lipinski definition) is 0. The zero-order valence-electron chi connectivity index (χ0n) is 9.19. The zero-order valence-corrected chi connectivity index (χ0v) is 10.3. The van der Waals surface area contributed by atoms with Crippen LogP contribution in [0.4, 0.5) is 0 Å². The summed E-state index contributed by atoms with van der Waals surface area (Å²) in [5.41, 5.74) is 0.351. The summed E-state index contributed by atoms with van der Waals surface area (Å²) in [6, 6.07) is 0. The summed E-state index contributed by atoms with van der Waals surface area (Å²) in [4.78, 5) is 24.9. The summed E-state index contributed by atoms with van der Waals surface area (Å²) in [5.74, 6) is -0.451. The fraction of sp³-hybridized carbons (Fsp3) is 0.333. The second kappa shape index (κ2) is 6.39. The van der Waals surface area contributed by atoms with Gasteiger partial charge in [0.05, 0.1) is 0 Å². The standard InChI is InChI=1S/C12H16NO2P/c1-10-6-3-2-4-7-11(14)13(12(10)15)8-5-9-16/h2-4,6H,1,5,7-9,16H2/b4-2-,6-3-. The van der Waals surface area contributed by atoms with Gasteiger partial charge in [-0.2, -0.15) is 0 Å². The van der Waals surface area contributed by atoms with E-state index in [1.165, 1.54) is 4.90 Å². The van der Waals surface area contributed by atoms with E-state index < -0.39 is 0 Å². The van der Waals surface area contributed by atoms with Crippen molar-refractivity contribution in [2.24, 2.45) is 0 Å². The summed E-state index contributed by atoms with van der Waals surface area (Å²) in [7, 11) is 2.59. The summed E-state index contributed by atoms with van der Waals surface area (Å²) >= 11 is 0. The van der Waals surface area contributed by atoms with Gasteiger partial charge in [0, 0.05) is 18.5 Å². The largest absolute Gasteiger partial charge is 0.278 e. The van der Waals surface area contributed by atoms with Crippen molar-refractivity contribution in [3.63, 3.8) is 0 Å². The van der Waals surface area contributed by atoms with Gasteiger partial charge in [-0.25, -0.2) is 0 Å². The molecule has 0 bridgehead atoms. The molecule has 0 aliphatic carbocycles. The maximum Gasteiger partial charge on any atom is 0.259 e. The van der Waals surface area contributed by atoms with Gasteiger partial charge in [0.1, 0.15) is 0 Å². The Morgan fingerprint density at radius 2 is 2.12 bits per heavy atom. The van der Waals surface area contributed by atoms with Crippen LogP contribution in [0.5, 0.6) is 0 Å². The van der Waals surface area contributed by atoms with Gasteiger partial charge in [0.2, 0.25) is 5.91 Å². The van der Waals surface area contributed by atoms with Gasteiger partial charge in [-0.05, 0) is 12.6 Å². The number of carbonyl (C=O) groups is 2. The number of amides is 2. The van der Waals surface area contributed by atoms with Gasteiger partial charge < -0.3 is 0 Å². The number of nitrogens with zero attached hydrogens (tertiary/aromatic N) is 1. The Bertz CT molecular complexity index is 358. The van der Waals surface area contributed by atoms with E-state index in [2.05, 4.69) is 15.8 Å². The molecule has 0 N–H and O–H groups in total. The van der Waals surface area contributed by atoms with Crippen LogP contribution in [0.25, 0.3) is 0 Å². The van der Waals surface area contributed by atoms with Gasteiger partial charge >= 0.3 is 0 Å². The first-order valence-electron chi connectivity index (χ1n) is 5.23. The van der Waals surface area contributed by atoms with Crippen molar-refractivity contribution in [2.75, 3.05) is 12.7 Å². The minimum atomic E-state index is -0.289. The second-order valence-corrected chi connectivity index (χ2v) is 4.09. The van der Waals surface area contributed by atoms with Crippen molar-refractivity contribution in [3.05, 3.63) is 36.5 Å². The zero-order chi connectivity index (χ0) is 12.0. The molecule has 0 fully saturated rings. The molecule has 0 saturated carbocycles. The summed E-state index contributed by atoms with van der Waals surface area (Å²) in [6.45, 7) is 4.12. The quantitative estimate of drug-likeness (QED) is 0.425. The molecule has 1 aliphatic heterocycles. The lowest BCUT2D eigenvalue weighted by molar-refractivity contribution is -0.141. The molecule has 0 saturated heterocycles. The fourth-order valence-corrected chi connectivity index (χ4v) is 1.55. The molecule has 0 aromatic carbocycles. The van der Waals surface area contributed by atoms with Crippen LogP contribution in [0.3, 0.4) is 0 Å². The fourth-order valence-electron chi connectivity index (χ4n) is 1.36. The van der Waals surface area contributed by atoms with E-state index in [0.29, 0.717) is 12.1 Å². The van der Waals surface area contributed by atoms with E-state index in [0.717, 1.165) is 12.6 Å². The molecule has 2 amide bonds. The lowest BCUT2D eigenvalue weighted by Crippen LogP contribution is -2.37. The van der Waals surface area contributed by atoms with Crippen LogP contribution >= 0.6 is 9.24 Å². The van der Waals surface area contributed by atoms with Gasteiger partial charge in [0.25, 0.3) is 5.91 Å². The first kappa shape index (κ1) is 12.9. The Morgan fingerprint density at radius 1 is 1.38 bits per heavy atom. The highest BCUT2D eigenvalue weighted by Gasteiger charge is 2.21. The van der Waals surface area contributed by atoms with Crippen LogP contribution in [0.2, 0.25) is 0 Å². The molecule has 16 heavy (non-hydrogen) atoms. The monoisotopic (exact) mass is 237 g/mol. The second-order valence-electron chi connectivity index (χ2n) is 3.51. The molecule has 86 valence electrons. The maximum absolute atomic E-state index is 11.9. The van der Waals surface area contributed by atoms with E-state index in [9.17, 15) is 9.59 Å². The Hall–Kier alpha value is -1.21. The van der Waals surface area contributed by atoms with Crippen LogP contribution < -0.4 is 0 Å². The molecule has 0 aromatic rings. The molecular formula is C12H16NO2P. The van der Waals surface area contributed by atoms with Gasteiger partial charge in [-0.1, -0.05) is 30.9 Å². The van der Waals surface area contributed by atoms with Crippen LogP contribution in [0.1, 0.15) is 12.8 Å². The average Bonchev–Trinajstić information content (AvgIpc) is 2.32. The van der Waals surface area contributed by atoms with E-state index in [1.807, 2.05) is 0 Å². The van der Waals surface area contributed by atoms with E-state index in [4.69, 9.17) is 0 Å². The summed E-state index contributed by atoms with van der Waals surface area (Å²) in [6.07, 6.45) is 8.80. The molecule has 1 aliphatic rings. The van der Waals surface area contributed by atoms with Crippen molar-refractivity contribution in [3.8, 4) is 0 Å². The minimum Gasteiger partial charge on any atom is -0.278 e. The minimum absolute atomic E-state index is 0.162. The van der Waals surface area contributed by atoms with Gasteiger partial charge in [0.15, 0.2) is 0 Å². The molecule has 3 nitrogen and oxygen atoms in total. The van der Waals surface area contributed by atoms with Crippen molar-refractivity contribution in [1.82, 2.24) is 4.90 Å². The Kier molecular flexibility index (Phi) is 5.13. The topological polar surface area (TPSA) is 37.4 Å². The van der Waals surface area contributed by atoms with Crippen LogP contribution in [-0.4, -0.2) is 29.4 Å². The third-order valence-corrected chi connectivity index (χ3v) is 2.65. The smallest absolute Gasteiger partial charge is 0.259 e. The lowest BCUT2D eigenvalue weighted by atomic mass is 10.2. The van der Waals surface area contributed by atoms with Crippen molar-refractivity contribution < 1.29 is 9.59 Å². The van der Waals surface area contributed by atoms with Crippen LogP contribution in [0, 0.1) is 0 Å². The van der Waals surface area contributed by atoms with Crippen LogP contribution in [0.15, 0.2) is 36.5 Å². The summed E-state index contributed by atoms with van der Waals surface area (Å²) < 4.78 is 0. The molecule has 1 atom stereocenters. The highest BCUT2D eigenvalue weighted by molar-refractivity contribution is 7.16. The molecule has 0 radical (unpaired) electrons. The predicted octanol–water partition coefficient (Wildman–Crippen LogP) is 1.68. The summed E-state index contributed by atoms with van der Waals surface area (Å²) in [5, 5.41) is 0. The van der Waals surface area contributed by atoms with Crippen molar-refractivity contribution in [1.29, 1.82) is 0 Å². The van der Waals surface area contributed by atoms with Crippen molar-refractivity contribution >= 4 is 21.1 Å². The third kappa shape index (κ3) is 3.42. The number of imide groups is 1. The number of allylic oxidation sites excluding steroid dienone is 2. The van der Waals surface area contributed by atoms with Crippen LogP contribution in [-0.2, 0) is 9.59 Å². The number of carbonyl (C=O) groups excluding carboxylic acids is 2. The van der Waals surface area contributed by atoms with E-state index in [1.54, 1.807) is 24.3 Å².